The highest BCUT2D eigenvalue weighted by atomic mass is 79.9. The zero-order valence-electron chi connectivity index (χ0n) is 11.6. The SMILES string of the molecule is CCCNc1cc(-c2cccc(Br)c2F)nc(CC)n1. The van der Waals surface area contributed by atoms with Crippen molar-refractivity contribution < 1.29 is 4.39 Å². The van der Waals surface area contributed by atoms with Gasteiger partial charge in [0.05, 0.1) is 10.2 Å². The molecule has 0 atom stereocenters. The van der Waals surface area contributed by atoms with Crippen LogP contribution < -0.4 is 5.32 Å². The van der Waals surface area contributed by atoms with Crippen LogP contribution in [0.4, 0.5) is 10.2 Å². The van der Waals surface area contributed by atoms with Crippen molar-refractivity contribution in [1.82, 2.24) is 9.97 Å². The first-order chi connectivity index (χ1) is 9.65. The molecule has 3 nitrogen and oxygen atoms in total. The first-order valence-electron chi connectivity index (χ1n) is 6.72. The fourth-order valence-corrected chi connectivity index (χ4v) is 2.20. The fourth-order valence-electron chi connectivity index (χ4n) is 1.84. The molecule has 0 spiro atoms. The monoisotopic (exact) mass is 337 g/mol. The summed E-state index contributed by atoms with van der Waals surface area (Å²) in [6, 6.07) is 7.00. The topological polar surface area (TPSA) is 37.8 Å². The van der Waals surface area contributed by atoms with E-state index in [1.807, 2.05) is 6.92 Å². The van der Waals surface area contributed by atoms with Crippen LogP contribution in [0.2, 0.25) is 0 Å². The minimum Gasteiger partial charge on any atom is -0.370 e. The van der Waals surface area contributed by atoms with Gasteiger partial charge < -0.3 is 5.32 Å². The molecule has 2 aromatic rings. The van der Waals surface area contributed by atoms with E-state index in [0.29, 0.717) is 28.0 Å². The highest BCUT2D eigenvalue weighted by molar-refractivity contribution is 9.10. The van der Waals surface area contributed by atoms with Crippen LogP contribution in [0.3, 0.4) is 0 Å². The molecule has 0 saturated heterocycles. The van der Waals surface area contributed by atoms with Gasteiger partial charge in [0, 0.05) is 24.6 Å². The maximum atomic E-state index is 14.2. The maximum Gasteiger partial charge on any atom is 0.146 e. The number of nitrogens with zero attached hydrogens (tertiary/aromatic N) is 2. The number of aryl methyl sites for hydroxylation is 1. The summed E-state index contributed by atoms with van der Waals surface area (Å²) in [5.41, 5.74) is 1.09. The third kappa shape index (κ3) is 3.33. The zero-order chi connectivity index (χ0) is 14.5. The number of hydrogen-bond donors (Lipinski definition) is 1. The Morgan fingerprint density at radius 3 is 2.75 bits per heavy atom. The molecular formula is C15H17BrFN3. The minimum absolute atomic E-state index is 0.297. The predicted molar refractivity (Wildman–Crippen MR) is 83.3 cm³/mol. The van der Waals surface area contributed by atoms with Gasteiger partial charge in [0.2, 0.25) is 0 Å². The van der Waals surface area contributed by atoms with Crippen molar-refractivity contribution in [2.24, 2.45) is 0 Å². The van der Waals surface area contributed by atoms with Gasteiger partial charge in [0.15, 0.2) is 0 Å². The van der Waals surface area contributed by atoms with Crippen LogP contribution in [0.5, 0.6) is 0 Å². The number of hydrogen-bond acceptors (Lipinski definition) is 3. The molecule has 0 amide bonds. The van der Waals surface area contributed by atoms with Crippen LogP contribution in [0.25, 0.3) is 11.3 Å². The first-order valence-corrected chi connectivity index (χ1v) is 7.51. The Bertz CT molecular complexity index is 602. The molecule has 20 heavy (non-hydrogen) atoms. The number of aromatic nitrogens is 2. The number of halogens is 2. The highest BCUT2D eigenvalue weighted by Gasteiger charge is 2.12. The number of benzene rings is 1. The third-order valence-corrected chi connectivity index (χ3v) is 3.48. The lowest BCUT2D eigenvalue weighted by Crippen LogP contribution is -2.06. The summed E-state index contributed by atoms with van der Waals surface area (Å²) in [5, 5.41) is 3.23. The van der Waals surface area contributed by atoms with E-state index in [4.69, 9.17) is 0 Å². The van der Waals surface area contributed by atoms with Crippen LogP contribution in [-0.2, 0) is 6.42 Å². The number of rotatable bonds is 5. The molecule has 1 heterocycles. The second kappa shape index (κ2) is 6.79. The molecule has 5 heteroatoms. The van der Waals surface area contributed by atoms with Gasteiger partial charge in [-0.1, -0.05) is 19.9 Å². The molecule has 0 fully saturated rings. The van der Waals surface area contributed by atoms with Crippen LogP contribution in [0, 0.1) is 5.82 Å². The summed E-state index contributed by atoms with van der Waals surface area (Å²) in [6.45, 7) is 4.91. The molecule has 1 aromatic carbocycles. The van der Waals surface area contributed by atoms with E-state index in [9.17, 15) is 4.39 Å². The summed E-state index contributed by atoms with van der Waals surface area (Å²) < 4.78 is 14.6. The Morgan fingerprint density at radius 1 is 1.25 bits per heavy atom. The van der Waals surface area contributed by atoms with E-state index in [0.717, 1.165) is 18.8 Å². The van der Waals surface area contributed by atoms with Gasteiger partial charge in [-0.2, -0.15) is 0 Å². The fraction of sp³-hybridized carbons (Fsp3) is 0.333. The zero-order valence-corrected chi connectivity index (χ0v) is 13.2. The van der Waals surface area contributed by atoms with E-state index in [-0.39, 0.29) is 5.82 Å². The summed E-state index contributed by atoms with van der Waals surface area (Å²) >= 11 is 3.21. The van der Waals surface area contributed by atoms with Gasteiger partial charge in [-0.25, -0.2) is 14.4 Å². The lowest BCUT2D eigenvalue weighted by Gasteiger charge is -2.10. The molecule has 0 bridgehead atoms. The molecule has 2 rings (SSSR count). The lowest BCUT2D eigenvalue weighted by molar-refractivity contribution is 0.624. The Balaban J connectivity index is 2.47. The van der Waals surface area contributed by atoms with Crippen LogP contribution in [0.15, 0.2) is 28.7 Å². The second-order valence-electron chi connectivity index (χ2n) is 4.44. The standard InChI is InChI=1S/C15H17BrFN3/c1-3-8-18-14-9-12(19-13(4-2)20-14)10-6-5-7-11(16)15(10)17/h5-7,9H,3-4,8H2,1-2H3,(H,18,19,20). The molecule has 0 saturated carbocycles. The molecule has 0 aliphatic heterocycles. The number of nitrogens with one attached hydrogen (secondary N) is 1. The van der Waals surface area contributed by atoms with Crippen molar-refractivity contribution >= 4 is 21.7 Å². The van der Waals surface area contributed by atoms with Gasteiger partial charge >= 0.3 is 0 Å². The lowest BCUT2D eigenvalue weighted by atomic mass is 10.1. The summed E-state index contributed by atoms with van der Waals surface area (Å²) in [4.78, 5) is 8.83. The van der Waals surface area contributed by atoms with Gasteiger partial charge in [0.25, 0.3) is 0 Å². The maximum absolute atomic E-state index is 14.2. The molecule has 1 N–H and O–H groups in total. The third-order valence-electron chi connectivity index (χ3n) is 2.87. The average molecular weight is 338 g/mol. The number of anilines is 1. The van der Waals surface area contributed by atoms with E-state index in [2.05, 4.69) is 38.1 Å². The van der Waals surface area contributed by atoms with Crippen molar-refractivity contribution in [3.05, 3.63) is 40.4 Å². The largest absolute Gasteiger partial charge is 0.370 e. The van der Waals surface area contributed by atoms with Gasteiger partial charge in [-0.15, -0.1) is 0 Å². The minimum atomic E-state index is -0.297. The van der Waals surface area contributed by atoms with E-state index in [1.165, 1.54) is 0 Å². The van der Waals surface area contributed by atoms with Crippen molar-refractivity contribution in [2.45, 2.75) is 26.7 Å². The normalized spacial score (nSPS) is 10.6. The van der Waals surface area contributed by atoms with Crippen molar-refractivity contribution in [3.63, 3.8) is 0 Å². The van der Waals surface area contributed by atoms with E-state index >= 15 is 0 Å². The Morgan fingerprint density at radius 2 is 2.05 bits per heavy atom. The quantitative estimate of drug-likeness (QED) is 0.876. The van der Waals surface area contributed by atoms with Crippen molar-refractivity contribution in [3.8, 4) is 11.3 Å². The Hall–Kier alpha value is -1.49. The summed E-state index contributed by atoms with van der Waals surface area (Å²) in [5.74, 6) is 1.16. The van der Waals surface area contributed by atoms with Crippen LogP contribution in [0.1, 0.15) is 26.1 Å². The average Bonchev–Trinajstić information content (AvgIpc) is 2.47. The second-order valence-corrected chi connectivity index (χ2v) is 5.29. The first kappa shape index (κ1) is 14.9. The van der Waals surface area contributed by atoms with Crippen LogP contribution in [-0.4, -0.2) is 16.5 Å². The molecular weight excluding hydrogens is 321 g/mol. The van der Waals surface area contributed by atoms with E-state index < -0.39 is 0 Å². The highest BCUT2D eigenvalue weighted by Crippen LogP contribution is 2.27. The van der Waals surface area contributed by atoms with Gasteiger partial charge in [0.1, 0.15) is 17.5 Å². The molecule has 106 valence electrons. The van der Waals surface area contributed by atoms with Gasteiger partial charge in [-0.05, 0) is 34.5 Å². The Labute approximate surface area is 126 Å². The molecule has 0 aliphatic rings. The molecule has 1 aromatic heterocycles. The summed E-state index contributed by atoms with van der Waals surface area (Å²) in [7, 11) is 0. The van der Waals surface area contributed by atoms with Crippen molar-refractivity contribution in [2.75, 3.05) is 11.9 Å². The smallest absolute Gasteiger partial charge is 0.146 e. The van der Waals surface area contributed by atoms with E-state index in [1.54, 1.807) is 24.3 Å². The Kier molecular flexibility index (Phi) is 5.06. The summed E-state index contributed by atoms with van der Waals surface area (Å²) in [6.07, 6.45) is 1.72. The van der Waals surface area contributed by atoms with Gasteiger partial charge in [-0.3, -0.25) is 0 Å². The molecule has 0 aliphatic carbocycles. The molecule has 0 radical (unpaired) electrons. The molecule has 0 unspecified atom stereocenters. The predicted octanol–water partition coefficient (Wildman–Crippen LogP) is 4.43. The van der Waals surface area contributed by atoms with Crippen LogP contribution >= 0.6 is 15.9 Å². The van der Waals surface area contributed by atoms with Crippen molar-refractivity contribution in [1.29, 1.82) is 0 Å².